The fourth-order valence-electron chi connectivity index (χ4n) is 2.25. The number of rotatable bonds is 8. The van der Waals surface area contributed by atoms with Gasteiger partial charge in [0.2, 0.25) is 0 Å². The zero-order chi connectivity index (χ0) is 16.7. The van der Waals surface area contributed by atoms with Gasteiger partial charge >= 0.3 is 6.09 Å². The second kappa shape index (κ2) is 8.62. The SMILES string of the molecule is CCC(C)CNC(C)(CNC(=O)OC(C)(C)C)CC(C)C. The molecule has 0 radical (unpaired) electrons. The molecule has 0 bridgehead atoms. The highest BCUT2D eigenvalue weighted by atomic mass is 16.6. The van der Waals surface area contributed by atoms with Gasteiger partial charge in [-0.15, -0.1) is 0 Å². The van der Waals surface area contributed by atoms with E-state index in [9.17, 15) is 4.79 Å². The van der Waals surface area contributed by atoms with E-state index < -0.39 is 5.60 Å². The van der Waals surface area contributed by atoms with E-state index in [2.05, 4.69) is 45.3 Å². The molecule has 126 valence electrons. The van der Waals surface area contributed by atoms with Crippen LogP contribution in [0.4, 0.5) is 4.79 Å². The van der Waals surface area contributed by atoms with E-state index >= 15 is 0 Å². The Labute approximate surface area is 131 Å². The lowest BCUT2D eigenvalue weighted by Crippen LogP contribution is -2.53. The van der Waals surface area contributed by atoms with Crippen LogP contribution in [0.1, 0.15) is 68.2 Å². The first kappa shape index (κ1) is 20.2. The van der Waals surface area contributed by atoms with Gasteiger partial charge in [0.25, 0.3) is 0 Å². The van der Waals surface area contributed by atoms with Crippen LogP contribution in [-0.4, -0.2) is 30.3 Å². The Kier molecular flexibility index (Phi) is 8.30. The summed E-state index contributed by atoms with van der Waals surface area (Å²) in [5.41, 5.74) is -0.558. The van der Waals surface area contributed by atoms with Crippen molar-refractivity contribution < 1.29 is 9.53 Å². The summed E-state index contributed by atoms with van der Waals surface area (Å²) in [6.07, 6.45) is 1.83. The van der Waals surface area contributed by atoms with Crippen molar-refractivity contribution in [3.05, 3.63) is 0 Å². The van der Waals surface area contributed by atoms with Crippen LogP contribution in [0.15, 0.2) is 0 Å². The fraction of sp³-hybridized carbons (Fsp3) is 0.941. The molecule has 0 aliphatic carbocycles. The van der Waals surface area contributed by atoms with Crippen LogP contribution in [-0.2, 0) is 4.74 Å². The highest BCUT2D eigenvalue weighted by molar-refractivity contribution is 5.67. The van der Waals surface area contributed by atoms with Crippen molar-refractivity contribution in [1.29, 1.82) is 0 Å². The van der Waals surface area contributed by atoms with Crippen molar-refractivity contribution in [2.75, 3.05) is 13.1 Å². The molecule has 0 aliphatic heterocycles. The molecule has 0 saturated carbocycles. The van der Waals surface area contributed by atoms with Crippen molar-refractivity contribution in [2.45, 2.75) is 79.4 Å². The number of ether oxygens (including phenoxy) is 1. The molecule has 0 aromatic carbocycles. The van der Waals surface area contributed by atoms with E-state index in [-0.39, 0.29) is 11.6 Å². The molecule has 0 aliphatic rings. The van der Waals surface area contributed by atoms with Crippen molar-refractivity contribution in [2.24, 2.45) is 11.8 Å². The summed E-state index contributed by atoms with van der Waals surface area (Å²) >= 11 is 0. The first-order valence-electron chi connectivity index (χ1n) is 8.19. The maximum Gasteiger partial charge on any atom is 0.407 e. The smallest absolute Gasteiger partial charge is 0.407 e. The maximum absolute atomic E-state index is 11.8. The third-order valence-electron chi connectivity index (χ3n) is 3.45. The Bertz CT molecular complexity index is 310. The van der Waals surface area contributed by atoms with Crippen LogP contribution in [0.2, 0.25) is 0 Å². The third-order valence-corrected chi connectivity index (χ3v) is 3.45. The standard InChI is InChI=1S/C17H36N2O2/c1-9-14(4)11-19-17(8,10-13(2)3)12-18-15(20)21-16(5,6)7/h13-14,19H,9-12H2,1-8H3,(H,18,20). The molecule has 0 saturated heterocycles. The van der Waals surface area contributed by atoms with Gasteiger partial charge in [-0.3, -0.25) is 0 Å². The Hall–Kier alpha value is -0.770. The summed E-state index contributed by atoms with van der Waals surface area (Å²) in [6, 6.07) is 0. The van der Waals surface area contributed by atoms with E-state index in [0.29, 0.717) is 18.4 Å². The summed E-state index contributed by atoms with van der Waals surface area (Å²) in [7, 11) is 0. The molecule has 2 N–H and O–H groups in total. The van der Waals surface area contributed by atoms with E-state index in [1.807, 2.05) is 20.8 Å². The van der Waals surface area contributed by atoms with Crippen molar-refractivity contribution >= 4 is 6.09 Å². The third kappa shape index (κ3) is 10.6. The van der Waals surface area contributed by atoms with E-state index in [0.717, 1.165) is 19.4 Å². The van der Waals surface area contributed by atoms with Crippen LogP contribution < -0.4 is 10.6 Å². The molecule has 0 aromatic rings. The van der Waals surface area contributed by atoms with Crippen molar-refractivity contribution in [1.82, 2.24) is 10.6 Å². The summed E-state index contributed by atoms with van der Waals surface area (Å²) < 4.78 is 5.31. The lowest BCUT2D eigenvalue weighted by atomic mass is 9.90. The van der Waals surface area contributed by atoms with Gasteiger partial charge in [0.05, 0.1) is 0 Å². The van der Waals surface area contributed by atoms with Gasteiger partial charge in [0.1, 0.15) is 5.60 Å². The molecular formula is C17H36N2O2. The second-order valence-corrected chi connectivity index (χ2v) is 7.91. The maximum atomic E-state index is 11.8. The Morgan fingerprint density at radius 2 is 1.71 bits per heavy atom. The predicted molar refractivity (Wildman–Crippen MR) is 89.6 cm³/mol. The van der Waals surface area contributed by atoms with E-state index in [1.54, 1.807) is 0 Å². The quantitative estimate of drug-likeness (QED) is 0.713. The molecule has 2 unspecified atom stereocenters. The normalized spacial score (nSPS) is 16.4. The first-order chi connectivity index (χ1) is 9.47. The minimum atomic E-state index is -0.456. The molecule has 0 spiro atoms. The van der Waals surface area contributed by atoms with E-state index in [1.165, 1.54) is 0 Å². The number of hydrogen-bond donors (Lipinski definition) is 2. The Balaban J connectivity index is 4.50. The highest BCUT2D eigenvalue weighted by Crippen LogP contribution is 2.17. The summed E-state index contributed by atoms with van der Waals surface area (Å²) in [5, 5.41) is 6.53. The van der Waals surface area contributed by atoms with Crippen molar-refractivity contribution in [3.8, 4) is 0 Å². The van der Waals surface area contributed by atoms with Crippen molar-refractivity contribution in [3.63, 3.8) is 0 Å². The summed E-state index contributed by atoms with van der Waals surface area (Å²) in [4.78, 5) is 11.8. The van der Waals surface area contributed by atoms with Crippen LogP contribution in [0, 0.1) is 11.8 Å². The fourth-order valence-corrected chi connectivity index (χ4v) is 2.25. The summed E-state index contributed by atoms with van der Waals surface area (Å²) in [6.45, 7) is 18.2. The molecular weight excluding hydrogens is 264 g/mol. The number of alkyl carbamates (subject to hydrolysis) is 1. The Morgan fingerprint density at radius 3 is 2.14 bits per heavy atom. The van der Waals surface area contributed by atoms with Crippen LogP contribution in [0.25, 0.3) is 0 Å². The lowest BCUT2D eigenvalue weighted by molar-refractivity contribution is 0.0507. The minimum Gasteiger partial charge on any atom is -0.444 e. The first-order valence-corrected chi connectivity index (χ1v) is 8.19. The second-order valence-electron chi connectivity index (χ2n) is 7.91. The molecule has 2 atom stereocenters. The largest absolute Gasteiger partial charge is 0.444 e. The average Bonchev–Trinajstić information content (AvgIpc) is 2.31. The summed E-state index contributed by atoms with van der Waals surface area (Å²) in [5.74, 6) is 1.21. The molecule has 0 rings (SSSR count). The number of hydrogen-bond acceptors (Lipinski definition) is 3. The zero-order valence-corrected chi connectivity index (χ0v) is 15.3. The average molecular weight is 300 g/mol. The highest BCUT2D eigenvalue weighted by Gasteiger charge is 2.27. The molecule has 0 heterocycles. The number of nitrogens with one attached hydrogen (secondary N) is 2. The molecule has 4 heteroatoms. The van der Waals surface area contributed by atoms with Gasteiger partial charge in [-0.25, -0.2) is 4.79 Å². The van der Waals surface area contributed by atoms with E-state index in [4.69, 9.17) is 4.74 Å². The monoisotopic (exact) mass is 300 g/mol. The van der Waals surface area contributed by atoms with Gasteiger partial charge < -0.3 is 15.4 Å². The topological polar surface area (TPSA) is 50.4 Å². The number of amides is 1. The van der Waals surface area contributed by atoms with Gasteiger partial charge in [0.15, 0.2) is 0 Å². The van der Waals surface area contributed by atoms with Crippen LogP contribution in [0.5, 0.6) is 0 Å². The number of carbonyl (C=O) groups excluding carboxylic acids is 1. The van der Waals surface area contributed by atoms with Crippen LogP contribution >= 0.6 is 0 Å². The predicted octanol–water partition coefficient (Wildman–Crippen LogP) is 3.95. The lowest BCUT2D eigenvalue weighted by Gasteiger charge is -2.34. The van der Waals surface area contributed by atoms with Gasteiger partial charge in [-0.1, -0.05) is 34.1 Å². The zero-order valence-electron chi connectivity index (χ0n) is 15.3. The Morgan fingerprint density at radius 1 is 1.14 bits per heavy atom. The molecule has 0 fully saturated rings. The van der Waals surface area contributed by atoms with Gasteiger partial charge in [-0.2, -0.15) is 0 Å². The molecule has 1 amide bonds. The van der Waals surface area contributed by atoms with Crippen LogP contribution in [0.3, 0.4) is 0 Å². The molecule has 0 aromatic heterocycles. The molecule has 21 heavy (non-hydrogen) atoms. The minimum absolute atomic E-state index is 0.103. The molecule has 4 nitrogen and oxygen atoms in total. The van der Waals surface area contributed by atoms with Gasteiger partial charge in [-0.05, 0) is 52.5 Å². The van der Waals surface area contributed by atoms with Gasteiger partial charge in [0, 0.05) is 12.1 Å². The number of carbonyl (C=O) groups is 1.